The highest BCUT2D eigenvalue weighted by Crippen LogP contribution is 2.23. The zero-order valence-corrected chi connectivity index (χ0v) is 11.0. The summed E-state index contributed by atoms with van der Waals surface area (Å²) in [6, 6.07) is 8.37. The molecule has 1 aliphatic rings. The first-order chi connectivity index (χ1) is 9.36. The molecule has 0 amide bonds. The molecule has 0 spiro atoms. The summed E-state index contributed by atoms with van der Waals surface area (Å²) < 4.78 is 5.50. The minimum Gasteiger partial charge on any atom is -0.379 e. The minimum atomic E-state index is 0.330. The van der Waals surface area contributed by atoms with Gasteiger partial charge in [-0.15, -0.1) is 0 Å². The Kier molecular flexibility index (Phi) is 3.46. The van der Waals surface area contributed by atoms with E-state index in [1.165, 1.54) is 0 Å². The number of benzene rings is 1. The maximum Gasteiger partial charge on any atom is 0.224 e. The Morgan fingerprint density at radius 1 is 1.26 bits per heavy atom. The lowest BCUT2D eigenvalue weighted by atomic mass is 10.1. The molecule has 0 aliphatic carbocycles. The summed E-state index contributed by atoms with van der Waals surface area (Å²) in [6.45, 7) is 1.61. The highest BCUT2D eigenvalue weighted by Gasteiger charge is 2.16. The van der Waals surface area contributed by atoms with Gasteiger partial charge in [0.05, 0.1) is 18.2 Å². The van der Waals surface area contributed by atoms with E-state index in [4.69, 9.17) is 4.74 Å². The molecule has 5 heteroatoms. The first kappa shape index (κ1) is 12.2. The van der Waals surface area contributed by atoms with Gasteiger partial charge in [0.25, 0.3) is 0 Å². The standard InChI is InChI=1S/C14H18N4O/c1-15-14-17-12-7-3-2-6-11(12)13(18-14)16-10-5-4-8-19-9-10/h2-3,6-7,10H,4-5,8-9H2,1H3,(H2,15,16,17,18). The summed E-state index contributed by atoms with van der Waals surface area (Å²) in [5.74, 6) is 1.52. The maximum atomic E-state index is 5.50. The van der Waals surface area contributed by atoms with Gasteiger partial charge in [0, 0.05) is 19.0 Å². The van der Waals surface area contributed by atoms with Crippen LogP contribution in [0.1, 0.15) is 12.8 Å². The van der Waals surface area contributed by atoms with Gasteiger partial charge in [0.1, 0.15) is 5.82 Å². The van der Waals surface area contributed by atoms with E-state index in [0.717, 1.165) is 42.8 Å². The van der Waals surface area contributed by atoms with E-state index in [1.807, 2.05) is 31.3 Å². The zero-order valence-electron chi connectivity index (χ0n) is 11.0. The Morgan fingerprint density at radius 2 is 2.16 bits per heavy atom. The monoisotopic (exact) mass is 258 g/mol. The Bertz CT molecular complexity index is 566. The number of hydrogen-bond donors (Lipinski definition) is 2. The highest BCUT2D eigenvalue weighted by molar-refractivity contribution is 5.90. The van der Waals surface area contributed by atoms with E-state index in [1.54, 1.807) is 0 Å². The predicted molar refractivity (Wildman–Crippen MR) is 76.5 cm³/mol. The minimum absolute atomic E-state index is 0.330. The molecule has 2 aromatic rings. The molecule has 1 aromatic heterocycles. The number of hydrogen-bond acceptors (Lipinski definition) is 5. The summed E-state index contributed by atoms with van der Waals surface area (Å²) in [6.07, 6.45) is 2.22. The summed E-state index contributed by atoms with van der Waals surface area (Å²) in [4.78, 5) is 8.98. The van der Waals surface area contributed by atoms with Crippen LogP contribution >= 0.6 is 0 Å². The molecule has 0 radical (unpaired) electrons. The Balaban J connectivity index is 1.95. The number of rotatable bonds is 3. The molecule has 0 bridgehead atoms. The largest absolute Gasteiger partial charge is 0.379 e. The normalized spacial score (nSPS) is 19.3. The fourth-order valence-corrected chi connectivity index (χ4v) is 2.35. The third kappa shape index (κ3) is 2.61. The first-order valence-corrected chi connectivity index (χ1v) is 6.65. The number of nitrogens with zero attached hydrogens (tertiary/aromatic N) is 2. The Hall–Kier alpha value is -1.88. The van der Waals surface area contributed by atoms with Crippen LogP contribution in [-0.4, -0.2) is 36.3 Å². The van der Waals surface area contributed by atoms with Crippen LogP contribution in [0, 0.1) is 0 Å². The molecule has 0 saturated carbocycles. The third-order valence-corrected chi connectivity index (χ3v) is 3.33. The van der Waals surface area contributed by atoms with Crippen molar-refractivity contribution in [1.82, 2.24) is 9.97 Å². The lowest BCUT2D eigenvalue weighted by Gasteiger charge is -2.24. The van der Waals surface area contributed by atoms with Crippen molar-refractivity contribution in [3.8, 4) is 0 Å². The second-order valence-corrected chi connectivity index (χ2v) is 4.72. The van der Waals surface area contributed by atoms with Crippen LogP contribution < -0.4 is 10.6 Å². The van der Waals surface area contributed by atoms with Gasteiger partial charge in [-0.3, -0.25) is 0 Å². The van der Waals surface area contributed by atoms with Gasteiger partial charge in [-0.05, 0) is 25.0 Å². The van der Waals surface area contributed by atoms with Crippen LogP contribution in [0.15, 0.2) is 24.3 Å². The number of fused-ring (bicyclic) bond motifs is 1. The van der Waals surface area contributed by atoms with E-state index in [0.29, 0.717) is 12.0 Å². The molecule has 2 N–H and O–H groups in total. The van der Waals surface area contributed by atoms with E-state index in [-0.39, 0.29) is 0 Å². The van der Waals surface area contributed by atoms with Crippen LogP contribution in [0.4, 0.5) is 11.8 Å². The molecule has 19 heavy (non-hydrogen) atoms. The van der Waals surface area contributed by atoms with Crippen LogP contribution in [0.25, 0.3) is 10.9 Å². The molecular weight excluding hydrogens is 240 g/mol. The van der Waals surface area contributed by atoms with Crippen LogP contribution in [0.5, 0.6) is 0 Å². The van der Waals surface area contributed by atoms with E-state index in [9.17, 15) is 0 Å². The van der Waals surface area contributed by atoms with Crippen molar-refractivity contribution in [3.05, 3.63) is 24.3 Å². The number of para-hydroxylation sites is 1. The van der Waals surface area contributed by atoms with E-state index < -0.39 is 0 Å². The van der Waals surface area contributed by atoms with E-state index in [2.05, 4.69) is 20.6 Å². The van der Waals surface area contributed by atoms with Crippen molar-refractivity contribution in [2.24, 2.45) is 0 Å². The van der Waals surface area contributed by atoms with Crippen LogP contribution in [0.3, 0.4) is 0 Å². The molecule has 1 unspecified atom stereocenters. The third-order valence-electron chi connectivity index (χ3n) is 3.33. The summed E-state index contributed by atoms with van der Waals surface area (Å²) in [5, 5.41) is 7.53. The zero-order chi connectivity index (χ0) is 13.1. The molecule has 5 nitrogen and oxygen atoms in total. The van der Waals surface area contributed by atoms with E-state index >= 15 is 0 Å². The van der Waals surface area contributed by atoms with Crippen molar-refractivity contribution in [2.75, 3.05) is 30.9 Å². The molecule has 1 fully saturated rings. The lowest BCUT2D eigenvalue weighted by Crippen LogP contribution is -2.30. The molecule has 100 valence electrons. The van der Waals surface area contributed by atoms with Gasteiger partial charge in [0.15, 0.2) is 0 Å². The number of nitrogens with one attached hydrogen (secondary N) is 2. The van der Waals surface area contributed by atoms with Crippen molar-refractivity contribution in [1.29, 1.82) is 0 Å². The number of ether oxygens (including phenoxy) is 1. The number of anilines is 2. The van der Waals surface area contributed by atoms with Crippen molar-refractivity contribution < 1.29 is 4.74 Å². The van der Waals surface area contributed by atoms with Gasteiger partial charge in [0.2, 0.25) is 5.95 Å². The van der Waals surface area contributed by atoms with Gasteiger partial charge in [-0.2, -0.15) is 4.98 Å². The summed E-state index contributed by atoms with van der Waals surface area (Å²) >= 11 is 0. The second kappa shape index (κ2) is 5.40. The fourth-order valence-electron chi connectivity index (χ4n) is 2.35. The average molecular weight is 258 g/mol. The Morgan fingerprint density at radius 3 is 2.95 bits per heavy atom. The van der Waals surface area contributed by atoms with Crippen molar-refractivity contribution >= 4 is 22.7 Å². The van der Waals surface area contributed by atoms with Gasteiger partial charge in [-0.1, -0.05) is 12.1 Å². The average Bonchev–Trinajstić information content (AvgIpc) is 2.48. The predicted octanol–water partition coefficient (Wildman–Crippen LogP) is 2.26. The molecule has 1 atom stereocenters. The molecule has 1 aromatic carbocycles. The van der Waals surface area contributed by atoms with Gasteiger partial charge in [-0.25, -0.2) is 4.98 Å². The lowest BCUT2D eigenvalue weighted by molar-refractivity contribution is 0.0875. The molecule has 3 rings (SSSR count). The van der Waals surface area contributed by atoms with Crippen molar-refractivity contribution in [3.63, 3.8) is 0 Å². The fraction of sp³-hybridized carbons (Fsp3) is 0.429. The number of aromatic nitrogens is 2. The maximum absolute atomic E-state index is 5.50. The van der Waals surface area contributed by atoms with Gasteiger partial charge >= 0.3 is 0 Å². The molecule has 1 saturated heterocycles. The Labute approximate surface area is 112 Å². The van der Waals surface area contributed by atoms with Crippen LogP contribution in [0.2, 0.25) is 0 Å². The van der Waals surface area contributed by atoms with Gasteiger partial charge < -0.3 is 15.4 Å². The smallest absolute Gasteiger partial charge is 0.224 e. The molecular formula is C14H18N4O. The highest BCUT2D eigenvalue weighted by atomic mass is 16.5. The summed E-state index contributed by atoms with van der Waals surface area (Å²) in [5.41, 5.74) is 0.945. The van der Waals surface area contributed by atoms with Crippen LogP contribution in [-0.2, 0) is 4.74 Å². The second-order valence-electron chi connectivity index (χ2n) is 4.72. The molecule has 1 aliphatic heterocycles. The SMILES string of the molecule is CNc1nc(NC2CCCOC2)c2ccccc2n1. The first-order valence-electron chi connectivity index (χ1n) is 6.65. The molecule has 2 heterocycles. The summed E-state index contributed by atoms with van der Waals surface area (Å²) in [7, 11) is 1.83. The quantitative estimate of drug-likeness (QED) is 0.884. The van der Waals surface area contributed by atoms with Crippen molar-refractivity contribution in [2.45, 2.75) is 18.9 Å². The topological polar surface area (TPSA) is 59.1 Å².